The molecule has 1 saturated heterocycles. The molecular weight excluding hydrogens is 310 g/mol. The van der Waals surface area contributed by atoms with Gasteiger partial charge in [-0.3, -0.25) is 9.59 Å². The van der Waals surface area contributed by atoms with E-state index in [9.17, 15) is 9.59 Å². The van der Waals surface area contributed by atoms with Crippen molar-refractivity contribution in [1.29, 1.82) is 0 Å². The van der Waals surface area contributed by atoms with Crippen molar-refractivity contribution in [3.05, 3.63) is 45.7 Å². The Hall–Kier alpha value is -2.57. The quantitative estimate of drug-likeness (QED) is 0.853. The van der Waals surface area contributed by atoms with Gasteiger partial charge in [-0.25, -0.2) is 0 Å². The van der Waals surface area contributed by atoms with Gasteiger partial charge in [-0.15, -0.1) is 0 Å². The number of carbonyl (C=O) groups is 1. The highest BCUT2D eigenvalue weighted by atomic mass is 16.5. The highest BCUT2D eigenvalue weighted by molar-refractivity contribution is 5.95. The lowest BCUT2D eigenvalue weighted by molar-refractivity contribution is 0.0175. The average Bonchev–Trinajstić information content (AvgIpc) is 3.21. The summed E-state index contributed by atoms with van der Waals surface area (Å²) in [4.78, 5) is 26.1. The molecule has 1 aliphatic carbocycles. The summed E-state index contributed by atoms with van der Waals surface area (Å²) in [6.07, 6.45) is 3.49. The zero-order valence-corrected chi connectivity index (χ0v) is 13.7. The van der Waals surface area contributed by atoms with Gasteiger partial charge in [-0.1, -0.05) is 5.16 Å². The summed E-state index contributed by atoms with van der Waals surface area (Å²) in [7, 11) is 0. The largest absolute Gasteiger partial charge is 0.486 e. The second kappa shape index (κ2) is 5.51. The maximum Gasteiger partial charge on any atom is 0.259 e. The van der Waals surface area contributed by atoms with Crippen molar-refractivity contribution in [2.75, 3.05) is 13.1 Å². The first-order chi connectivity index (χ1) is 11.5. The van der Waals surface area contributed by atoms with Gasteiger partial charge >= 0.3 is 0 Å². The first-order valence-corrected chi connectivity index (χ1v) is 8.13. The summed E-state index contributed by atoms with van der Waals surface area (Å²) in [6.45, 7) is 4.63. The van der Waals surface area contributed by atoms with Gasteiger partial charge in [0.05, 0.1) is 19.3 Å². The number of pyridine rings is 1. The molecule has 1 aliphatic heterocycles. The lowest BCUT2D eigenvalue weighted by atomic mass is 10.1. The third-order valence-corrected chi connectivity index (χ3v) is 4.57. The minimum Gasteiger partial charge on any atom is -0.486 e. The Balaban J connectivity index is 1.39. The van der Waals surface area contributed by atoms with Crippen LogP contribution in [0.4, 0.5) is 0 Å². The number of hydrogen-bond donors (Lipinski definition) is 0. The minimum atomic E-state index is -0.103. The van der Waals surface area contributed by atoms with Crippen LogP contribution in [0, 0.1) is 13.8 Å². The van der Waals surface area contributed by atoms with E-state index in [1.54, 1.807) is 17.9 Å². The van der Waals surface area contributed by atoms with Gasteiger partial charge in [0.15, 0.2) is 0 Å². The summed E-state index contributed by atoms with van der Waals surface area (Å²) in [5, 5.41) is 3.63. The molecule has 0 N–H and O–H groups in total. The van der Waals surface area contributed by atoms with E-state index in [2.05, 4.69) is 5.16 Å². The van der Waals surface area contributed by atoms with Crippen molar-refractivity contribution in [1.82, 2.24) is 14.6 Å². The topological polar surface area (TPSA) is 77.6 Å². The maximum absolute atomic E-state index is 12.3. The molecule has 0 spiro atoms. The lowest BCUT2D eigenvalue weighted by Gasteiger charge is -2.38. The molecule has 0 atom stereocenters. The zero-order valence-electron chi connectivity index (χ0n) is 13.7. The molecule has 24 heavy (non-hydrogen) atoms. The zero-order chi connectivity index (χ0) is 16.8. The fraction of sp³-hybridized carbons (Fsp3) is 0.471. The number of likely N-dealkylation sites (tertiary alicyclic amines) is 1. The molecule has 0 radical (unpaired) electrons. The van der Waals surface area contributed by atoms with E-state index >= 15 is 0 Å². The highest BCUT2D eigenvalue weighted by Gasteiger charge is 2.34. The Bertz CT molecular complexity index is 844. The molecule has 4 rings (SSSR count). The van der Waals surface area contributed by atoms with E-state index in [1.807, 2.05) is 17.6 Å². The van der Waals surface area contributed by atoms with Crippen LogP contribution in [0.1, 0.15) is 40.7 Å². The summed E-state index contributed by atoms with van der Waals surface area (Å²) in [5.41, 5.74) is 1.39. The second-order valence-electron chi connectivity index (χ2n) is 6.52. The number of amides is 1. The fourth-order valence-electron chi connectivity index (χ4n) is 3.10. The molecule has 3 heterocycles. The second-order valence-corrected chi connectivity index (χ2v) is 6.52. The van der Waals surface area contributed by atoms with Crippen LogP contribution < -0.4 is 10.3 Å². The minimum absolute atomic E-state index is 0.0140. The van der Waals surface area contributed by atoms with Crippen molar-refractivity contribution in [3.63, 3.8) is 0 Å². The molecule has 126 valence electrons. The number of rotatable bonds is 4. The van der Waals surface area contributed by atoms with E-state index in [0.29, 0.717) is 36.2 Å². The van der Waals surface area contributed by atoms with Crippen LogP contribution in [-0.4, -0.2) is 39.7 Å². The SMILES string of the molecule is Cc1oncc1C(=O)N1CC(Oc2cc(C)n(C3CC3)c(=O)c2)C1. The number of ether oxygens (including phenoxy) is 1. The lowest BCUT2D eigenvalue weighted by Crippen LogP contribution is -2.56. The van der Waals surface area contributed by atoms with Crippen LogP contribution in [0.3, 0.4) is 0 Å². The van der Waals surface area contributed by atoms with Crippen LogP contribution in [0.2, 0.25) is 0 Å². The van der Waals surface area contributed by atoms with Gasteiger partial charge < -0.3 is 18.7 Å². The molecule has 2 aromatic heterocycles. The van der Waals surface area contributed by atoms with Gasteiger partial charge in [0, 0.05) is 17.8 Å². The van der Waals surface area contributed by atoms with E-state index in [-0.39, 0.29) is 17.6 Å². The van der Waals surface area contributed by atoms with Gasteiger partial charge in [-0.05, 0) is 32.8 Å². The molecule has 2 aromatic rings. The number of carbonyl (C=O) groups excluding carboxylic acids is 1. The molecule has 1 amide bonds. The third kappa shape index (κ3) is 2.60. The molecule has 0 bridgehead atoms. The fourth-order valence-corrected chi connectivity index (χ4v) is 3.10. The summed E-state index contributed by atoms with van der Waals surface area (Å²) in [6, 6.07) is 3.80. The van der Waals surface area contributed by atoms with Crippen LogP contribution in [0.5, 0.6) is 5.75 Å². The molecular formula is C17H19N3O4. The number of hydrogen-bond acceptors (Lipinski definition) is 5. The van der Waals surface area contributed by atoms with Crippen molar-refractivity contribution in [2.24, 2.45) is 0 Å². The van der Waals surface area contributed by atoms with E-state index in [1.165, 1.54) is 6.20 Å². The van der Waals surface area contributed by atoms with Crippen molar-refractivity contribution < 1.29 is 14.1 Å². The smallest absolute Gasteiger partial charge is 0.259 e. The monoisotopic (exact) mass is 329 g/mol. The van der Waals surface area contributed by atoms with Crippen molar-refractivity contribution in [3.8, 4) is 5.75 Å². The summed E-state index contributed by atoms with van der Waals surface area (Å²) < 4.78 is 12.6. The third-order valence-electron chi connectivity index (χ3n) is 4.57. The summed E-state index contributed by atoms with van der Waals surface area (Å²) >= 11 is 0. The van der Waals surface area contributed by atoms with E-state index in [4.69, 9.17) is 9.26 Å². The predicted molar refractivity (Wildman–Crippen MR) is 85.3 cm³/mol. The van der Waals surface area contributed by atoms with E-state index in [0.717, 1.165) is 18.5 Å². The van der Waals surface area contributed by atoms with Crippen LogP contribution in [0.15, 0.2) is 27.6 Å². The first kappa shape index (κ1) is 15.0. The Morgan fingerprint density at radius 3 is 2.62 bits per heavy atom. The van der Waals surface area contributed by atoms with Gasteiger partial charge in [0.1, 0.15) is 23.2 Å². The molecule has 0 aromatic carbocycles. The number of aryl methyl sites for hydroxylation is 2. The first-order valence-electron chi connectivity index (χ1n) is 8.13. The van der Waals surface area contributed by atoms with Crippen molar-refractivity contribution >= 4 is 5.91 Å². The average molecular weight is 329 g/mol. The molecule has 7 nitrogen and oxygen atoms in total. The maximum atomic E-state index is 12.3. The van der Waals surface area contributed by atoms with Crippen LogP contribution in [-0.2, 0) is 0 Å². The van der Waals surface area contributed by atoms with Gasteiger partial charge in [-0.2, -0.15) is 0 Å². The van der Waals surface area contributed by atoms with Gasteiger partial charge in [0.25, 0.3) is 11.5 Å². The number of aromatic nitrogens is 2. The van der Waals surface area contributed by atoms with E-state index < -0.39 is 0 Å². The van der Waals surface area contributed by atoms with Crippen LogP contribution >= 0.6 is 0 Å². The normalized spacial score (nSPS) is 17.7. The molecule has 0 unspecified atom stereocenters. The number of nitrogens with zero attached hydrogens (tertiary/aromatic N) is 3. The van der Waals surface area contributed by atoms with Crippen LogP contribution in [0.25, 0.3) is 0 Å². The van der Waals surface area contributed by atoms with Crippen molar-refractivity contribution in [2.45, 2.75) is 38.8 Å². The Morgan fingerprint density at radius 1 is 1.29 bits per heavy atom. The van der Waals surface area contributed by atoms with Gasteiger partial charge in [0.2, 0.25) is 0 Å². The summed E-state index contributed by atoms with van der Waals surface area (Å²) in [5.74, 6) is 0.991. The molecule has 2 aliphatic rings. The Morgan fingerprint density at radius 2 is 2.04 bits per heavy atom. The molecule has 2 fully saturated rings. The Labute approximate surface area is 138 Å². The predicted octanol–water partition coefficient (Wildman–Crippen LogP) is 1.69. The molecule has 1 saturated carbocycles. The molecule has 7 heteroatoms. The standard InChI is InChI=1S/C17H19N3O4/c1-10-5-13(6-16(21)20(10)12-3-4-12)23-14-8-19(9-14)17(22)15-7-18-24-11(15)2/h5-7,12,14H,3-4,8-9H2,1-2H3. The Kier molecular flexibility index (Phi) is 3.44. The highest BCUT2D eigenvalue weighted by Crippen LogP contribution is 2.35.